The Morgan fingerprint density at radius 3 is 2.52 bits per heavy atom. The highest BCUT2D eigenvalue weighted by molar-refractivity contribution is 6.33. The summed E-state index contributed by atoms with van der Waals surface area (Å²) in [5.41, 5.74) is 3.85. The summed E-state index contributed by atoms with van der Waals surface area (Å²) in [6.07, 6.45) is 0. The average Bonchev–Trinajstić information content (AvgIpc) is 2.83. The fourth-order valence-electron chi connectivity index (χ4n) is 2.86. The quantitative estimate of drug-likeness (QED) is 0.554. The molecule has 0 bridgehead atoms. The van der Waals surface area contributed by atoms with Crippen LogP contribution < -0.4 is 5.32 Å². The SMILES string of the molecule is Fc1ccc(C2=NCC(=Nc3ccccc3Cl)Nc3ccc(Cl)cc32)cc1. The number of fused-ring (bicyclic) bond motifs is 1. The van der Waals surface area contributed by atoms with Gasteiger partial charge in [0.2, 0.25) is 0 Å². The molecule has 0 saturated heterocycles. The minimum atomic E-state index is -0.293. The Morgan fingerprint density at radius 2 is 1.74 bits per heavy atom. The summed E-state index contributed by atoms with van der Waals surface area (Å²) < 4.78 is 13.3. The van der Waals surface area contributed by atoms with Crippen molar-refractivity contribution in [1.29, 1.82) is 0 Å². The van der Waals surface area contributed by atoms with Gasteiger partial charge in [0.15, 0.2) is 0 Å². The predicted octanol–water partition coefficient (Wildman–Crippen LogP) is 6.13. The van der Waals surface area contributed by atoms with Gasteiger partial charge in [-0.05, 0) is 54.6 Å². The summed E-state index contributed by atoms with van der Waals surface area (Å²) >= 11 is 12.4. The summed E-state index contributed by atoms with van der Waals surface area (Å²) in [5, 5.41) is 4.48. The first-order chi connectivity index (χ1) is 13.1. The van der Waals surface area contributed by atoms with Crippen LogP contribution in [0.2, 0.25) is 10.0 Å². The monoisotopic (exact) mass is 397 g/mol. The highest BCUT2D eigenvalue weighted by Gasteiger charge is 2.18. The fraction of sp³-hybridized carbons (Fsp3) is 0.0476. The fourth-order valence-corrected chi connectivity index (χ4v) is 3.21. The second-order valence-electron chi connectivity index (χ2n) is 6.00. The first kappa shape index (κ1) is 17.7. The van der Waals surface area contributed by atoms with Crippen LogP contribution in [0.1, 0.15) is 11.1 Å². The molecule has 1 heterocycles. The van der Waals surface area contributed by atoms with Gasteiger partial charge in [-0.3, -0.25) is 4.99 Å². The van der Waals surface area contributed by atoms with Crippen LogP contribution in [-0.2, 0) is 0 Å². The molecule has 0 radical (unpaired) electrons. The van der Waals surface area contributed by atoms with Crippen LogP contribution in [0, 0.1) is 5.82 Å². The van der Waals surface area contributed by atoms with Crippen LogP contribution >= 0.6 is 23.2 Å². The largest absolute Gasteiger partial charge is 0.342 e. The molecule has 0 saturated carbocycles. The number of rotatable bonds is 2. The summed E-state index contributed by atoms with van der Waals surface area (Å²) in [6.45, 7) is 0.324. The van der Waals surface area contributed by atoms with E-state index in [0.717, 1.165) is 22.5 Å². The van der Waals surface area contributed by atoms with Crippen molar-refractivity contribution in [1.82, 2.24) is 0 Å². The Balaban J connectivity index is 1.82. The molecule has 1 N–H and O–H groups in total. The number of hydrogen-bond acceptors (Lipinski definition) is 2. The van der Waals surface area contributed by atoms with Gasteiger partial charge in [-0.1, -0.05) is 35.3 Å². The van der Waals surface area contributed by atoms with E-state index in [9.17, 15) is 4.39 Å². The van der Waals surface area contributed by atoms with Gasteiger partial charge >= 0.3 is 0 Å². The molecule has 3 aromatic carbocycles. The van der Waals surface area contributed by atoms with Gasteiger partial charge < -0.3 is 5.32 Å². The highest BCUT2D eigenvalue weighted by Crippen LogP contribution is 2.28. The number of nitrogens with zero attached hydrogens (tertiary/aromatic N) is 2. The summed E-state index contributed by atoms with van der Waals surface area (Å²) in [7, 11) is 0. The van der Waals surface area contributed by atoms with Crippen LogP contribution in [0.15, 0.2) is 76.7 Å². The van der Waals surface area contributed by atoms with Crippen molar-refractivity contribution < 1.29 is 4.39 Å². The molecule has 6 heteroatoms. The molecule has 0 spiro atoms. The number of hydrogen-bond donors (Lipinski definition) is 1. The van der Waals surface area contributed by atoms with Gasteiger partial charge in [0.05, 0.1) is 23.0 Å². The van der Waals surface area contributed by atoms with Crippen molar-refractivity contribution >= 4 is 46.1 Å². The van der Waals surface area contributed by atoms with E-state index < -0.39 is 0 Å². The maximum Gasteiger partial charge on any atom is 0.128 e. The number of amidine groups is 1. The molecule has 3 nitrogen and oxygen atoms in total. The zero-order valence-electron chi connectivity index (χ0n) is 14.1. The number of benzodiazepines with no additional fused rings is 1. The lowest BCUT2D eigenvalue weighted by Crippen LogP contribution is -2.14. The summed E-state index contributed by atoms with van der Waals surface area (Å²) in [4.78, 5) is 9.33. The predicted molar refractivity (Wildman–Crippen MR) is 111 cm³/mol. The molecular weight excluding hydrogens is 384 g/mol. The first-order valence-electron chi connectivity index (χ1n) is 8.29. The van der Waals surface area contributed by atoms with E-state index in [1.165, 1.54) is 12.1 Å². The average molecular weight is 398 g/mol. The zero-order chi connectivity index (χ0) is 18.8. The molecule has 4 rings (SSSR count). The van der Waals surface area contributed by atoms with Crippen molar-refractivity contribution in [2.75, 3.05) is 11.9 Å². The van der Waals surface area contributed by atoms with Crippen LogP contribution in [0.3, 0.4) is 0 Å². The highest BCUT2D eigenvalue weighted by atomic mass is 35.5. The lowest BCUT2D eigenvalue weighted by Gasteiger charge is -2.11. The molecule has 0 amide bonds. The van der Waals surface area contributed by atoms with E-state index in [4.69, 9.17) is 28.2 Å². The smallest absolute Gasteiger partial charge is 0.128 e. The third-order valence-corrected chi connectivity index (χ3v) is 4.68. The lowest BCUT2D eigenvalue weighted by molar-refractivity contribution is 0.628. The van der Waals surface area contributed by atoms with Crippen LogP contribution in [0.5, 0.6) is 0 Å². The number of benzene rings is 3. The molecule has 27 heavy (non-hydrogen) atoms. The maximum absolute atomic E-state index is 13.3. The minimum Gasteiger partial charge on any atom is -0.342 e. The molecule has 3 aromatic rings. The van der Waals surface area contributed by atoms with Crippen molar-refractivity contribution in [3.63, 3.8) is 0 Å². The van der Waals surface area contributed by atoms with Crippen molar-refractivity contribution in [3.05, 3.63) is 93.7 Å². The molecule has 0 aromatic heterocycles. The van der Waals surface area contributed by atoms with Crippen LogP contribution in [0.25, 0.3) is 0 Å². The van der Waals surface area contributed by atoms with Gasteiger partial charge in [-0.25, -0.2) is 9.38 Å². The van der Waals surface area contributed by atoms with E-state index in [-0.39, 0.29) is 5.82 Å². The third kappa shape index (κ3) is 3.87. The first-order valence-corrected chi connectivity index (χ1v) is 9.05. The molecule has 0 fully saturated rings. The molecule has 1 aliphatic rings. The van der Waals surface area contributed by atoms with Crippen LogP contribution in [-0.4, -0.2) is 18.1 Å². The van der Waals surface area contributed by atoms with E-state index in [2.05, 4.69) is 10.3 Å². The third-order valence-electron chi connectivity index (χ3n) is 4.13. The van der Waals surface area contributed by atoms with E-state index in [1.54, 1.807) is 24.3 Å². The number of anilines is 1. The Hall–Kier alpha value is -2.69. The molecule has 0 atom stereocenters. The number of para-hydroxylation sites is 1. The Morgan fingerprint density at radius 1 is 0.963 bits per heavy atom. The zero-order valence-corrected chi connectivity index (χ0v) is 15.6. The number of halogens is 3. The second-order valence-corrected chi connectivity index (χ2v) is 6.84. The molecule has 0 unspecified atom stereocenters. The van der Waals surface area contributed by atoms with E-state index >= 15 is 0 Å². The van der Waals surface area contributed by atoms with E-state index in [0.29, 0.717) is 28.1 Å². The van der Waals surface area contributed by atoms with E-state index in [1.807, 2.05) is 30.3 Å². The topological polar surface area (TPSA) is 36.8 Å². The van der Waals surface area contributed by atoms with Crippen molar-refractivity contribution in [3.8, 4) is 0 Å². The number of aliphatic imine (C=N–C) groups is 2. The normalized spacial score (nSPS) is 14.9. The maximum atomic E-state index is 13.3. The van der Waals surface area contributed by atoms with Gasteiger partial charge in [0, 0.05) is 21.8 Å². The van der Waals surface area contributed by atoms with Gasteiger partial charge in [-0.2, -0.15) is 0 Å². The Bertz CT molecular complexity index is 1060. The minimum absolute atomic E-state index is 0.293. The van der Waals surface area contributed by atoms with Crippen molar-refractivity contribution in [2.45, 2.75) is 0 Å². The summed E-state index contributed by atoms with van der Waals surface area (Å²) in [6, 6.07) is 19.1. The standard InChI is InChI=1S/C21H14Cl2FN3/c22-14-7-10-18-16(11-14)21(13-5-8-15(24)9-6-13)25-12-20(26-18)27-19-4-2-1-3-17(19)23/h1-11H,12H2,(H,26,27). The molecule has 1 aliphatic heterocycles. The molecule has 134 valence electrons. The van der Waals surface area contributed by atoms with Crippen LogP contribution in [0.4, 0.5) is 15.8 Å². The second kappa shape index (κ2) is 7.51. The van der Waals surface area contributed by atoms with Gasteiger partial charge in [-0.15, -0.1) is 0 Å². The Kier molecular flexibility index (Phi) is 4.92. The van der Waals surface area contributed by atoms with Gasteiger partial charge in [0.25, 0.3) is 0 Å². The molecular formula is C21H14Cl2FN3. The molecule has 0 aliphatic carbocycles. The lowest BCUT2D eigenvalue weighted by atomic mass is 10.0. The summed E-state index contributed by atoms with van der Waals surface area (Å²) in [5.74, 6) is 0.363. The van der Waals surface area contributed by atoms with Gasteiger partial charge in [0.1, 0.15) is 11.7 Å². The number of nitrogens with one attached hydrogen (secondary N) is 1. The Labute approximate surface area is 166 Å². The van der Waals surface area contributed by atoms with Crippen molar-refractivity contribution in [2.24, 2.45) is 9.98 Å².